The summed E-state index contributed by atoms with van der Waals surface area (Å²) in [6.45, 7) is 3.10. The van der Waals surface area contributed by atoms with Gasteiger partial charge in [0.2, 0.25) is 0 Å². The Bertz CT molecular complexity index is 818. The summed E-state index contributed by atoms with van der Waals surface area (Å²) in [5, 5.41) is 5.98. The molecule has 1 unspecified atom stereocenters. The van der Waals surface area contributed by atoms with Crippen LogP contribution in [0.1, 0.15) is 23.0 Å². The van der Waals surface area contributed by atoms with E-state index in [1.807, 2.05) is 37.3 Å². The molecular formula is C18H21ClN2O2S2. The number of thiophene rings is 1. The highest BCUT2D eigenvalue weighted by Crippen LogP contribution is 2.33. The standard InChI is InChI=1S/C18H20N2O2S2.ClH/c1-12(9-19)10-20-18(21)17-14(11-24-16-7-4-8-23-16)13-5-2-3-6-15(13)22-17;/h2-8,12H,9-11,19H2,1H3,(H,20,21);1H. The molecule has 0 saturated carbocycles. The van der Waals surface area contributed by atoms with Gasteiger partial charge in [-0.25, -0.2) is 0 Å². The zero-order valence-corrected chi connectivity index (χ0v) is 16.3. The molecule has 3 N–H and O–H groups in total. The van der Waals surface area contributed by atoms with E-state index in [0.29, 0.717) is 24.6 Å². The second kappa shape index (κ2) is 9.29. The summed E-state index contributed by atoms with van der Waals surface area (Å²) in [6.07, 6.45) is 0. The number of fused-ring (bicyclic) bond motifs is 1. The van der Waals surface area contributed by atoms with Crippen molar-refractivity contribution in [3.63, 3.8) is 0 Å². The molecule has 0 aliphatic heterocycles. The second-order valence-electron chi connectivity index (χ2n) is 5.68. The van der Waals surface area contributed by atoms with Gasteiger partial charge in [-0.15, -0.1) is 35.5 Å². The molecule has 0 spiro atoms. The van der Waals surface area contributed by atoms with E-state index in [-0.39, 0.29) is 24.2 Å². The summed E-state index contributed by atoms with van der Waals surface area (Å²) in [4.78, 5) is 12.6. The third-order valence-electron chi connectivity index (χ3n) is 3.77. The van der Waals surface area contributed by atoms with Crippen LogP contribution in [0.5, 0.6) is 0 Å². The van der Waals surface area contributed by atoms with Crippen molar-refractivity contribution in [2.75, 3.05) is 13.1 Å². The Labute approximate surface area is 161 Å². The quantitative estimate of drug-likeness (QED) is 0.575. The Morgan fingerprint density at radius 1 is 1.32 bits per heavy atom. The Balaban J connectivity index is 0.00000225. The number of nitrogens with one attached hydrogen (secondary N) is 1. The molecule has 0 radical (unpaired) electrons. The molecular weight excluding hydrogens is 376 g/mol. The molecule has 3 aromatic rings. The van der Waals surface area contributed by atoms with Crippen LogP contribution in [0.15, 0.2) is 50.4 Å². The van der Waals surface area contributed by atoms with Crippen LogP contribution >= 0.6 is 35.5 Å². The zero-order valence-electron chi connectivity index (χ0n) is 13.9. The number of thioether (sulfide) groups is 1. The highest BCUT2D eigenvalue weighted by atomic mass is 35.5. The SMILES string of the molecule is CC(CN)CNC(=O)c1oc2ccccc2c1CSc1cccs1.Cl. The number of furan rings is 1. The lowest BCUT2D eigenvalue weighted by molar-refractivity contribution is 0.0922. The molecule has 1 amide bonds. The van der Waals surface area contributed by atoms with Gasteiger partial charge in [0.25, 0.3) is 5.91 Å². The third kappa shape index (κ3) is 4.79. The molecule has 4 nitrogen and oxygen atoms in total. The largest absolute Gasteiger partial charge is 0.451 e. The van der Waals surface area contributed by atoms with Crippen molar-refractivity contribution in [1.29, 1.82) is 0 Å². The first-order chi connectivity index (χ1) is 11.7. The van der Waals surface area contributed by atoms with Gasteiger partial charge in [-0.3, -0.25) is 4.79 Å². The number of halogens is 1. The summed E-state index contributed by atoms with van der Waals surface area (Å²) in [7, 11) is 0. The van der Waals surface area contributed by atoms with Gasteiger partial charge >= 0.3 is 0 Å². The van der Waals surface area contributed by atoms with E-state index in [0.717, 1.165) is 16.5 Å². The van der Waals surface area contributed by atoms with E-state index in [4.69, 9.17) is 10.2 Å². The van der Waals surface area contributed by atoms with E-state index < -0.39 is 0 Å². The average Bonchev–Trinajstić information content (AvgIpc) is 3.24. The summed E-state index contributed by atoms with van der Waals surface area (Å²) >= 11 is 3.42. The smallest absolute Gasteiger partial charge is 0.287 e. The molecule has 25 heavy (non-hydrogen) atoms. The van der Waals surface area contributed by atoms with Gasteiger partial charge in [0.05, 0.1) is 4.21 Å². The van der Waals surface area contributed by atoms with Crippen molar-refractivity contribution in [3.05, 3.63) is 53.1 Å². The molecule has 2 aromatic heterocycles. The second-order valence-corrected chi connectivity index (χ2v) is 7.90. The van der Waals surface area contributed by atoms with E-state index in [9.17, 15) is 4.79 Å². The number of benzene rings is 1. The van der Waals surface area contributed by atoms with Crippen molar-refractivity contribution < 1.29 is 9.21 Å². The van der Waals surface area contributed by atoms with Crippen LogP contribution in [0.4, 0.5) is 0 Å². The summed E-state index contributed by atoms with van der Waals surface area (Å²) in [5.74, 6) is 1.17. The van der Waals surface area contributed by atoms with Gasteiger partial charge in [-0.05, 0) is 30.0 Å². The normalized spacial score (nSPS) is 11.9. The topological polar surface area (TPSA) is 68.3 Å². The van der Waals surface area contributed by atoms with E-state index in [2.05, 4.69) is 16.8 Å². The summed E-state index contributed by atoms with van der Waals surface area (Å²) in [6, 6.07) is 11.9. The lowest BCUT2D eigenvalue weighted by atomic mass is 10.1. The van der Waals surface area contributed by atoms with E-state index in [1.54, 1.807) is 23.1 Å². The number of para-hydroxylation sites is 1. The van der Waals surface area contributed by atoms with Crippen LogP contribution in [-0.2, 0) is 5.75 Å². The molecule has 7 heteroatoms. The maximum atomic E-state index is 12.6. The molecule has 134 valence electrons. The fourth-order valence-electron chi connectivity index (χ4n) is 2.34. The predicted octanol–water partition coefficient (Wildman–Crippen LogP) is 4.53. The summed E-state index contributed by atoms with van der Waals surface area (Å²) < 4.78 is 7.07. The molecule has 0 aliphatic carbocycles. The molecule has 0 aliphatic rings. The highest BCUT2D eigenvalue weighted by Gasteiger charge is 2.20. The van der Waals surface area contributed by atoms with Gasteiger partial charge in [-0.1, -0.05) is 31.2 Å². The molecule has 2 heterocycles. The van der Waals surface area contributed by atoms with Crippen LogP contribution in [0, 0.1) is 5.92 Å². The van der Waals surface area contributed by atoms with Gasteiger partial charge < -0.3 is 15.5 Å². The molecule has 1 atom stereocenters. The van der Waals surface area contributed by atoms with Crippen LogP contribution in [0.2, 0.25) is 0 Å². The number of rotatable bonds is 7. The molecule has 3 rings (SSSR count). The first kappa shape index (κ1) is 19.8. The number of hydrogen-bond acceptors (Lipinski definition) is 5. The average molecular weight is 397 g/mol. The number of hydrogen-bond donors (Lipinski definition) is 2. The molecule has 1 aromatic carbocycles. The van der Waals surface area contributed by atoms with Crippen LogP contribution in [0.25, 0.3) is 11.0 Å². The van der Waals surface area contributed by atoms with Crippen molar-refractivity contribution in [2.45, 2.75) is 16.9 Å². The number of carbonyl (C=O) groups excluding carboxylic acids is 1. The van der Waals surface area contributed by atoms with Gasteiger partial charge in [-0.2, -0.15) is 0 Å². The zero-order chi connectivity index (χ0) is 16.9. The Kier molecular flexibility index (Phi) is 7.38. The van der Waals surface area contributed by atoms with E-state index >= 15 is 0 Å². The molecule has 0 fully saturated rings. The minimum absolute atomic E-state index is 0. The summed E-state index contributed by atoms with van der Waals surface area (Å²) in [5.41, 5.74) is 7.31. The minimum atomic E-state index is -0.173. The number of carbonyl (C=O) groups is 1. The van der Waals surface area contributed by atoms with Crippen molar-refractivity contribution in [1.82, 2.24) is 5.32 Å². The predicted molar refractivity (Wildman–Crippen MR) is 108 cm³/mol. The van der Waals surface area contributed by atoms with Crippen molar-refractivity contribution >= 4 is 52.4 Å². The highest BCUT2D eigenvalue weighted by molar-refractivity contribution is 8.00. The minimum Gasteiger partial charge on any atom is -0.451 e. The molecule has 0 bridgehead atoms. The van der Waals surface area contributed by atoms with Crippen molar-refractivity contribution in [2.24, 2.45) is 11.7 Å². The Morgan fingerprint density at radius 2 is 2.12 bits per heavy atom. The lowest BCUT2D eigenvalue weighted by Crippen LogP contribution is -2.31. The Hall–Kier alpha value is -1.47. The van der Waals surface area contributed by atoms with Crippen molar-refractivity contribution in [3.8, 4) is 0 Å². The molecule has 0 saturated heterocycles. The van der Waals surface area contributed by atoms with Gasteiger partial charge in [0, 0.05) is 23.2 Å². The van der Waals surface area contributed by atoms with Gasteiger partial charge in [0.15, 0.2) is 5.76 Å². The van der Waals surface area contributed by atoms with Crippen LogP contribution in [-0.4, -0.2) is 19.0 Å². The first-order valence-corrected chi connectivity index (χ1v) is 9.70. The number of nitrogens with two attached hydrogens (primary N) is 1. The van der Waals surface area contributed by atoms with Gasteiger partial charge in [0.1, 0.15) is 5.58 Å². The van der Waals surface area contributed by atoms with Crippen LogP contribution in [0.3, 0.4) is 0 Å². The van der Waals surface area contributed by atoms with Crippen LogP contribution < -0.4 is 11.1 Å². The fourth-order valence-corrected chi connectivity index (χ4v) is 4.16. The maximum Gasteiger partial charge on any atom is 0.287 e. The number of amides is 1. The monoisotopic (exact) mass is 396 g/mol. The third-order valence-corrected chi connectivity index (χ3v) is 5.93. The van der Waals surface area contributed by atoms with E-state index in [1.165, 1.54) is 4.21 Å². The maximum absolute atomic E-state index is 12.6. The fraction of sp³-hybridized carbons (Fsp3) is 0.278. The Morgan fingerprint density at radius 3 is 2.84 bits per heavy atom. The lowest BCUT2D eigenvalue weighted by Gasteiger charge is -2.09. The first-order valence-electron chi connectivity index (χ1n) is 7.84.